The maximum atomic E-state index is 11.2. The highest BCUT2D eigenvalue weighted by Crippen LogP contribution is 2.03. The Balaban J connectivity index is 3.74. The molecule has 0 aromatic carbocycles. The number of carboxylic acids is 2. The van der Waals surface area contributed by atoms with Crippen molar-refractivity contribution in [1.29, 1.82) is 0 Å². The fourth-order valence-corrected chi connectivity index (χ4v) is 1.41. The summed E-state index contributed by atoms with van der Waals surface area (Å²) in [5.74, 6) is -1.90. The van der Waals surface area contributed by atoms with Gasteiger partial charge < -0.3 is 15.1 Å². The zero-order valence-electron chi connectivity index (χ0n) is 10.0. The molecule has 0 atom stereocenters. The van der Waals surface area contributed by atoms with Crippen LogP contribution in [0.3, 0.4) is 0 Å². The molecule has 98 valence electrons. The van der Waals surface area contributed by atoms with Crippen LogP contribution in [0.15, 0.2) is 0 Å². The van der Waals surface area contributed by atoms with Crippen molar-refractivity contribution in [2.24, 2.45) is 0 Å². The molecule has 0 heterocycles. The first-order chi connectivity index (χ1) is 7.93. The standard InChI is InChI=1S/C11H19NO5/c1-9(13)12(8-6-11(16)17)7-4-2-3-5-10(14)15/h2-8H2,1H3,(H,14,15)(H,16,17). The third kappa shape index (κ3) is 9.35. The van der Waals surface area contributed by atoms with Crippen molar-refractivity contribution in [2.45, 2.75) is 39.0 Å². The van der Waals surface area contributed by atoms with Gasteiger partial charge in [0, 0.05) is 26.4 Å². The second-order valence-electron chi connectivity index (χ2n) is 3.85. The van der Waals surface area contributed by atoms with Crippen LogP contribution < -0.4 is 0 Å². The number of carbonyl (C=O) groups is 3. The number of rotatable bonds is 9. The summed E-state index contributed by atoms with van der Waals surface area (Å²) < 4.78 is 0. The van der Waals surface area contributed by atoms with Crippen molar-refractivity contribution in [1.82, 2.24) is 4.90 Å². The quantitative estimate of drug-likeness (QED) is 0.590. The SMILES string of the molecule is CC(=O)N(CCCCCC(=O)O)CCC(=O)O. The Labute approximate surface area is 100 Å². The third-order valence-corrected chi connectivity index (χ3v) is 2.36. The molecule has 1 amide bonds. The average molecular weight is 245 g/mol. The Bertz CT molecular complexity index is 277. The number of hydrogen-bond acceptors (Lipinski definition) is 3. The molecular formula is C11H19NO5. The number of hydrogen-bond donors (Lipinski definition) is 2. The summed E-state index contributed by atoms with van der Waals surface area (Å²) in [6, 6.07) is 0. The van der Waals surface area contributed by atoms with E-state index in [2.05, 4.69) is 0 Å². The lowest BCUT2D eigenvalue weighted by molar-refractivity contribution is -0.139. The Morgan fingerprint density at radius 1 is 0.882 bits per heavy atom. The van der Waals surface area contributed by atoms with Crippen LogP contribution in [0.5, 0.6) is 0 Å². The largest absolute Gasteiger partial charge is 0.481 e. The van der Waals surface area contributed by atoms with Gasteiger partial charge in [0.2, 0.25) is 5.91 Å². The van der Waals surface area contributed by atoms with Crippen molar-refractivity contribution in [3.05, 3.63) is 0 Å². The number of aliphatic carboxylic acids is 2. The summed E-state index contributed by atoms with van der Waals surface area (Å²) in [5, 5.41) is 16.9. The molecule has 2 N–H and O–H groups in total. The lowest BCUT2D eigenvalue weighted by Crippen LogP contribution is -2.31. The van der Waals surface area contributed by atoms with E-state index < -0.39 is 11.9 Å². The molecule has 17 heavy (non-hydrogen) atoms. The maximum absolute atomic E-state index is 11.2. The minimum Gasteiger partial charge on any atom is -0.481 e. The summed E-state index contributed by atoms with van der Waals surface area (Å²) in [4.78, 5) is 33.3. The Hall–Kier alpha value is -1.59. The van der Waals surface area contributed by atoms with E-state index in [0.29, 0.717) is 19.4 Å². The van der Waals surface area contributed by atoms with Crippen molar-refractivity contribution in [3.63, 3.8) is 0 Å². The van der Waals surface area contributed by atoms with Crippen molar-refractivity contribution in [2.75, 3.05) is 13.1 Å². The Morgan fingerprint density at radius 3 is 1.94 bits per heavy atom. The molecular weight excluding hydrogens is 226 g/mol. The van der Waals surface area contributed by atoms with Crippen LogP contribution in [0.2, 0.25) is 0 Å². The van der Waals surface area contributed by atoms with Crippen molar-refractivity contribution >= 4 is 17.8 Å². The van der Waals surface area contributed by atoms with E-state index in [0.717, 1.165) is 6.42 Å². The molecule has 0 radical (unpaired) electrons. The van der Waals surface area contributed by atoms with E-state index in [1.807, 2.05) is 0 Å². The van der Waals surface area contributed by atoms with Gasteiger partial charge in [-0.25, -0.2) is 0 Å². The first-order valence-corrected chi connectivity index (χ1v) is 5.62. The summed E-state index contributed by atoms with van der Waals surface area (Å²) in [5.41, 5.74) is 0. The van der Waals surface area contributed by atoms with E-state index in [4.69, 9.17) is 10.2 Å². The summed E-state index contributed by atoms with van der Waals surface area (Å²) in [6.07, 6.45) is 2.08. The first kappa shape index (κ1) is 15.4. The molecule has 6 heteroatoms. The minimum absolute atomic E-state index is 0.0608. The second-order valence-corrected chi connectivity index (χ2v) is 3.85. The van der Waals surface area contributed by atoms with Crippen molar-refractivity contribution < 1.29 is 24.6 Å². The summed E-state index contributed by atoms with van der Waals surface area (Å²) >= 11 is 0. The van der Waals surface area contributed by atoms with Gasteiger partial charge in [0.05, 0.1) is 6.42 Å². The molecule has 6 nitrogen and oxygen atoms in total. The van der Waals surface area contributed by atoms with Gasteiger partial charge in [0.15, 0.2) is 0 Å². The number of amides is 1. The highest BCUT2D eigenvalue weighted by Gasteiger charge is 2.10. The zero-order valence-corrected chi connectivity index (χ0v) is 10.0. The molecule has 0 aliphatic heterocycles. The fraction of sp³-hybridized carbons (Fsp3) is 0.727. The predicted octanol–water partition coefficient (Wildman–Crippen LogP) is 0.955. The van der Waals surface area contributed by atoms with Gasteiger partial charge >= 0.3 is 11.9 Å². The van der Waals surface area contributed by atoms with Gasteiger partial charge in [-0.15, -0.1) is 0 Å². The molecule has 0 bridgehead atoms. The van der Waals surface area contributed by atoms with Crippen LogP contribution in [-0.4, -0.2) is 46.0 Å². The van der Waals surface area contributed by atoms with Gasteiger partial charge in [0.1, 0.15) is 0 Å². The monoisotopic (exact) mass is 245 g/mol. The van der Waals surface area contributed by atoms with Gasteiger partial charge in [-0.3, -0.25) is 14.4 Å². The fourth-order valence-electron chi connectivity index (χ4n) is 1.41. The van der Waals surface area contributed by atoms with E-state index >= 15 is 0 Å². The highest BCUT2D eigenvalue weighted by molar-refractivity contribution is 5.74. The minimum atomic E-state index is -0.929. The van der Waals surface area contributed by atoms with Crippen LogP contribution in [0.4, 0.5) is 0 Å². The van der Waals surface area contributed by atoms with Crippen molar-refractivity contribution in [3.8, 4) is 0 Å². The number of carbonyl (C=O) groups excluding carboxylic acids is 1. The molecule has 0 fully saturated rings. The highest BCUT2D eigenvalue weighted by atomic mass is 16.4. The van der Waals surface area contributed by atoms with Crippen LogP contribution in [0.1, 0.15) is 39.0 Å². The normalized spacial score (nSPS) is 9.94. The molecule has 0 rings (SSSR count). The van der Waals surface area contributed by atoms with E-state index in [-0.39, 0.29) is 25.3 Å². The number of unbranched alkanes of at least 4 members (excludes halogenated alkanes) is 2. The van der Waals surface area contributed by atoms with Gasteiger partial charge in [-0.1, -0.05) is 6.42 Å². The Kier molecular flexibility index (Phi) is 7.75. The molecule has 0 aliphatic rings. The third-order valence-electron chi connectivity index (χ3n) is 2.36. The lowest BCUT2D eigenvalue weighted by atomic mass is 10.2. The summed E-state index contributed by atoms with van der Waals surface area (Å²) in [6.45, 7) is 2.10. The van der Waals surface area contributed by atoms with Crippen LogP contribution in [0, 0.1) is 0 Å². The van der Waals surface area contributed by atoms with Crippen LogP contribution in [-0.2, 0) is 14.4 Å². The first-order valence-electron chi connectivity index (χ1n) is 5.62. The smallest absolute Gasteiger partial charge is 0.305 e. The molecule has 0 saturated carbocycles. The number of carboxylic acid groups (broad SMARTS) is 2. The van der Waals surface area contributed by atoms with Crippen LogP contribution >= 0.6 is 0 Å². The van der Waals surface area contributed by atoms with Crippen LogP contribution in [0.25, 0.3) is 0 Å². The van der Waals surface area contributed by atoms with E-state index in [1.165, 1.54) is 11.8 Å². The zero-order chi connectivity index (χ0) is 13.3. The van der Waals surface area contributed by atoms with Gasteiger partial charge in [0.25, 0.3) is 0 Å². The molecule has 0 saturated heterocycles. The molecule has 0 aromatic rings. The van der Waals surface area contributed by atoms with E-state index in [1.54, 1.807) is 0 Å². The molecule has 0 aliphatic carbocycles. The lowest BCUT2D eigenvalue weighted by Gasteiger charge is -2.19. The molecule has 0 spiro atoms. The maximum Gasteiger partial charge on any atom is 0.305 e. The number of nitrogens with zero attached hydrogens (tertiary/aromatic N) is 1. The van der Waals surface area contributed by atoms with Gasteiger partial charge in [-0.2, -0.15) is 0 Å². The molecule has 0 aromatic heterocycles. The molecule has 0 unspecified atom stereocenters. The van der Waals surface area contributed by atoms with Gasteiger partial charge in [-0.05, 0) is 12.8 Å². The topological polar surface area (TPSA) is 94.9 Å². The average Bonchev–Trinajstić information content (AvgIpc) is 2.20. The summed E-state index contributed by atoms with van der Waals surface area (Å²) in [7, 11) is 0. The van der Waals surface area contributed by atoms with E-state index in [9.17, 15) is 14.4 Å². The second kappa shape index (κ2) is 8.55. The Morgan fingerprint density at radius 2 is 1.47 bits per heavy atom. The predicted molar refractivity (Wildman–Crippen MR) is 60.6 cm³/mol.